The van der Waals surface area contributed by atoms with Gasteiger partial charge in [-0.25, -0.2) is 0 Å². The molecule has 2 saturated heterocycles. The van der Waals surface area contributed by atoms with Crippen molar-refractivity contribution < 1.29 is 97.3 Å². The molecule has 0 aromatic heterocycles. The molecule has 0 aliphatic carbocycles. The molecule has 4 amide bonds. The van der Waals surface area contributed by atoms with E-state index in [4.69, 9.17) is 20.9 Å². The van der Waals surface area contributed by atoms with Crippen LogP contribution in [0, 0.1) is 0 Å². The number of aliphatic carboxylic acids is 4. The number of hydrogen-bond acceptors (Lipinski definition) is 20. The third-order valence-corrected chi connectivity index (χ3v) is 11.1. The summed E-state index contributed by atoms with van der Waals surface area (Å²) < 4.78 is 9.62. The first-order valence-corrected chi connectivity index (χ1v) is 18.9. The molecule has 4 heterocycles. The number of amides is 4. The number of esters is 2. The number of hydrogen-bond donors (Lipinski definition) is 4. The fraction of sp³-hybridized carbons (Fsp3) is 0.562. The molecular formula is C32H38N6O16S2Zn-2. The third-order valence-electron chi connectivity index (χ3n) is 8.46. The zero-order valence-corrected chi connectivity index (χ0v) is 35.2. The predicted molar refractivity (Wildman–Crippen MR) is 181 cm³/mol. The second-order valence-corrected chi connectivity index (χ2v) is 14.8. The van der Waals surface area contributed by atoms with Crippen molar-refractivity contribution in [2.24, 2.45) is 11.5 Å². The molecule has 22 nitrogen and oxygen atoms in total. The van der Waals surface area contributed by atoms with E-state index in [0.29, 0.717) is 0 Å². The summed E-state index contributed by atoms with van der Waals surface area (Å²) in [5.41, 5.74) is 10.4. The molecule has 0 spiro atoms. The molecule has 4 aliphatic rings. The molecule has 57 heavy (non-hydrogen) atoms. The quantitative estimate of drug-likeness (QED) is 0.0564. The molecule has 0 bridgehead atoms. The zero-order valence-electron chi connectivity index (χ0n) is 30.6. The Kier molecular flexibility index (Phi) is 18.6. The van der Waals surface area contributed by atoms with Gasteiger partial charge in [0.2, 0.25) is 11.8 Å². The van der Waals surface area contributed by atoms with E-state index in [1.54, 1.807) is 0 Å². The van der Waals surface area contributed by atoms with E-state index in [1.165, 1.54) is 37.4 Å². The van der Waals surface area contributed by atoms with Crippen LogP contribution in [0.2, 0.25) is 0 Å². The fourth-order valence-corrected chi connectivity index (χ4v) is 8.29. The van der Waals surface area contributed by atoms with Crippen LogP contribution in [0.4, 0.5) is 0 Å². The van der Waals surface area contributed by atoms with Crippen molar-refractivity contribution in [1.82, 2.24) is 20.4 Å². The standard InChI is InChI=1S/2C16H21N3O8S.Zn/c2*1-7(20)27-5-8-6-28-14-11(13(22)19(14)12(8)16(25)26)18-10(21)4-2-3-9(17)15(23)24;/h2*9,11,14H,2-6,17H2,1H3,(H,18,21)(H,23,24)(H,25,26);/q;;+2/p-4/t2*9-,11-,14-;/m11./s1. The minimum atomic E-state index is -1.57. The Morgan fingerprint density at radius 3 is 1.30 bits per heavy atom. The van der Waals surface area contributed by atoms with Crippen LogP contribution in [0.1, 0.15) is 52.4 Å². The molecule has 0 aromatic carbocycles. The van der Waals surface area contributed by atoms with Crippen molar-refractivity contribution in [3.8, 4) is 0 Å². The van der Waals surface area contributed by atoms with E-state index in [1.807, 2.05) is 0 Å². The number of nitrogens with zero attached hydrogens (tertiary/aromatic N) is 2. The van der Waals surface area contributed by atoms with Crippen LogP contribution in [0.5, 0.6) is 0 Å². The number of carboxylic acid groups (broad SMARTS) is 4. The second-order valence-electron chi connectivity index (χ2n) is 12.6. The maximum absolute atomic E-state index is 12.4. The first-order chi connectivity index (χ1) is 26.3. The molecule has 308 valence electrons. The van der Waals surface area contributed by atoms with Gasteiger partial charge >= 0.3 is 31.4 Å². The van der Waals surface area contributed by atoms with E-state index in [0.717, 1.165) is 9.80 Å². The molecule has 6 atom stereocenters. The number of carboxylic acids is 4. The van der Waals surface area contributed by atoms with Crippen LogP contribution in [0.25, 0.3) is 0 Å². The number of carbonyl (C=O) groups is 10. The minimum Gasteiger partial charge on any atom is -0.548 e. The minimum absolute atomic E-state index is 0. The molecule has 4 aliphatic heterocycles. The summed E-state index contributed by atoms with van der Waals surface area (Å²) in [6.07, 6.45) is 0.415. The summed E-state index contributed by atoms with van der Waals surface area (Å²) in [7, 11) is 0. The van der Waals surface area contributed by atoms with Crippen LogP contribution in [0.15, 0.2) is 22.5 Å². The molecule has 4 rings (SSSR count). The first kappa shape index (κ1) is 48.6. The van der Waals surface area contributed by atoms with Gasteiger partial charge in [0.1, 0.15) is 36.0 Å². The van der Waals surface area contributed by atoms with E-state index in [2.05, 4.69) is 10.6 Å². The van der Waals surface area contributed by atoms with E-state index in [9.17, 15) is 68.4 Å². The van der Waals surface area contributed by atoms with Crippen LogP contribution >= 0.6 is 23.5 Å². The molecule has 2 fully saturated rings. The molecule has 0 radical (unpaired) electrons. The van der Waals surface area contributed by atoms with Gasteiger partial charge < -0.3 is 71.2 Å². The number of nitrogens with two attached hydrogens (primary N) is 2. The number of ether oxygens (including phenoxy) is 2. The summed E-state index contributed by atoms with van der Waals surface area (Å²) in [4.78, 5) is 117. The van der Waals surface area contributed by atoms with Crippen molar-refractivity contribution >= 4 is 83.0 Å². The summed E-state index contributed by atoms with van der Waals surface area (Å²) in [5, 5.41) is 47.8. The van der Waals surface area contributed by atoms with Gasteiger partial charge in [-0.2, -0.15) is 0 Å². The van der Waals surface area contributed by atoms with Crippen molar-refractivity contribution in [3.05, 3.63) is 22.5 Å². The van der Waals surface area contributed by atoms with E-state index in [-0.39, 0.29) is 105 Å². The Bertz CT molecular complexity index is 1600. The Labute approximate surface area is 345 Å². The van der Waals surface area contributed by atoms with Gasteiger partial charge in [0.15, 0.2) is 0 Å². The maximum atomic E-state index is 12.4. The number of fused-ring (bicyclic) bond motifs is 2. The largest absolute Gasteiger partial charge is 2.00 e. The Balaban J connectivity index is 0.000000387. The van der Waals surface area contributed by atoms with Gasteiger partial charge in [-0.3, -0.25) is 38.6 Å². The summed E-state index contributed by atoms with van der Waals surface area (Å²) in [6.45, 7) is 1.83. The molecule has 25 heteroatoms. The second kappa shape index (κ2) is 21.8. The van der Waals surface area contributed by atoms with Crippen LogP contribution in [-0.2, 0) is 76.9 Å². The zero-order chi connectivity index (χ0) is 42.0. The van der Waals surface area contributed by atoms with Crippen molar-refractivity contribution in [1.29, 1.82) is 0 Å². The Morgan fingerprint density at radius 1 is 0.684 bits per heavy atom. The Hall–Kier alpha value is -4.58. The normalized spacial score (nSPS) is 21.7. The van der Waals surface area contributed by atoms with Crippen LogP contribution in [0.3, 0.4) is 0 Å². The van der Waals surface area contributed by atoms with Gasteiger partial charge in [0.05, 0.1) is 35.3 Å². The first-order valence-electron chi connectivity index (χ1n) is 16.8. The van der Waals surface area contributed by atoms with Gasteiger partial charge in [-0.15, -0.1) is 23.5 Å². The van der Waals surface area contributed by atoms with Crippen LogP contribution in [-0.4, -0.2) is 129 Å². The van der Waals surface area contributed by atoms with Crippen molar-refractivity contribution in [2.75, 3.05) is 24.7 Å². The van der Waals surface area contributed by atoms with Gasteiger partial charge in [0, 0.05) is 61.4 Å². The number of carbonyl (C=O) groups excluding carboxylic acids is 10. The summed E-state index contributed by atoms with van der Waals surface area (Å²) >= 11 is 2.45. The van der Waals surface area contributed by atoms with Crippen LogP contribution < -0.4 is 42.5 Å². The predicted octanol–water partition coefficient (Wildman–Crippen LogP) is -7.60. The number of β-lactam (4-membered cyclic amide) rings is 2. The molecular weight excluding hydrogens is 854 g/mol. The van der Waals surface area contributed by atoms with Gasteiger partial charge in [0.25, 0.3) is 11.8 Å². The average Bonchev–Trinajstić information content (AvgIpc) is 3.13. The molecule has 0 saturated carbocycles. The van der Waals surface area contributed by atoms with E-state index < -0.39 is 94.4 Å². The summed E-state index contributed by atoms with van der Waals surface area (Å²) in [5.74, 6) is -8.92. The molecule has 0 unspecified atom stereocenters. The third kappa shape index (κ3) is 12.7. The maximum Gasteiger partial charge on any atom is 2.00 e. The monoisotopic (exact) mass is 890 g/mol. The topological polar surface area (TPSA) is 364 Å². The van der Waals surface area contributed by atoms with Crippen molar-refractivity contribution in [2.45, 2.75) is 87.3 Å². The fourth-order valence-electron chi connectivity index (χ4n) is 5.64. The number of thioether (sulfide) groups is 2. The smallest absolute Gasteiger partial charge is 0.548 e. The molecule has 0 aromatic rings. The number of nitrogens with one attached hydrogen (secondary N) is 2. The SMILES string of the molecule is CC(=O)OCC1=C(C(=O)[O-])N2C(=O)[C@@H](NC(=O)CCC[C@@H](N)C(=O)[O-])[C@H]2SC1.CC(=O)OCC1=C(C(=O)[O-])N2C(=O)[C@@H](NC(=O)CCC[C@@H](N)C(=O)[O-])[C@H]2SC1.[Zn+2]. The van der Waals surface area contributed by atoms with Gasteiger partial charge in [-0.1, -0.05) is 0 Å². The molecule has 6 N–H and O–H groups in total. The van der Waals surface area contributed by atoms with Gasteiger partial charge in [-0.05, 0) is 25.7 Å². The van der Waals surface area contributed by atoms with E-state index >= 15 is 0 Å². The summed E-state index contributed by atoms with van der Waals surface area (Å²) in [6, 6.07) is -4.16. The van der Waals surface area contributed by atoms with Crippen molar-refractivity contribution in [3.63, 3.8) is 0 Å². The average molecular weight is 892 g/mol. The number of rotatable bonds is 18. The Morgan fingerprint density at radius 2 is 1.02 bits per heavy atom.